The summed E-state index contributed by atoms with van der Waals surface area (Å²) in [6.07, 6.45) is 0. The second-order valence-corrected chi connectivity index (χ2v) is 11.7. The van der Waals surface area contributed by atoms with Crippen molar-refractivity contribution in [2.75, 3.05) is 5.32 Å². The van der Waals surface area contributed by atoms with Gasteiger partial charge in [0.1, 0.15) is 0 Å². The van der Waals surface area contributed by atoms with E-state index in [2.05, 4.69) is 145 Å². The monoisotopic (exact) mass is 553 g/mol. The van der Waals surface area contributed by atoms with Gasteiger partial charge in [-0.25, -0.2) is 0 Å². The zero-order valence-electron chi connectivity index (χ0n) is 22.9. The fourth-order valence-corrected chi connectivity index (χ4v) is 7.35. The van der Waals surface area contributed by atoms with Crippen LogP contribution in [0.5, 0.6) is 0 Å². The maximum atomic E-state index is 3.48. The van der Waals surface area contributed by atoms with Crippen LogP contribution in [-0.2, 0) is 0 Å². The fraction of sp³-hybridized carbons (Fsp3) is 0. The standard InChI is InChI=1S/C40H27NS/c1-3-11-29(12-4-1)37-33-15-7-8-16-34(33)40-39(35-17-9-10-18-36(35)42-40)38(37)30-21-19-27(20-22-30)28-23-25-32(26-24-28)41-31-13-5-2-6-14-31/h1-26,41H. The van der Waals surface area contributed by atoms with Gasteiger partial charge in [0.05, 0.1) is 0 Å². The van der Waals surface area contributed by atoms with Crippen LogP contribution in [0, 0.1) is 0 Å². The van der Waals surface area contributed by atoms with Crippen molar-refractivity contribution in [1.82, 2.24) is 0 Å². The fourth-order valence-electron chi connectivity index (χ4n) is 6.10. The summed E-state index contributed by atoms with van der Waals surface area (Å²) in [5.41, 5.74) is 9.66. The van der Waals surface area contributed by atoms with Gasteiger partial charge in [0.15, 0.2) is 0 Å². The molecule has 7 aromatic carbocycles. The third-order valence-corrected chi connectivity index (χ3v) is 9.26. The molecule has 42 heavy (non-hydrogen) atoms. The van der Waals surface area contributed by atoms with E-state index in [1.807, 2.05) is 29.5 Å². The van der Waals surface area contributed by atoms with Gasteiger partial charge in [-0.2, -0.15) is 0 Å². The molecule has 0 atom stereocenters. The Labute approximate surface area is 249 Å². The van der Waals surface area contributed by atoms with E-state index in [1.165, 1.54) is 64.3 Å². The van der Waals surface area contributed by atoms with Gasteiger partial charge in [0.25, 0.3) is 0 Å². The van der Waals surface area contributed by atoms with Crippen molar-refractivity contribution in [3.05, 3.63) is 158 Å². The van der Waals surface area contributed by atoms with Gasteiger partial charge in [-0.15, -0.1) is 11.3 Å². The van der Waals surface area contributed by atoms with Crippen LogP contribution >= 0.6 is 11.3 Å². The molecule has 0 saturated heterocycles. The third-order valence-electron chi connectivity index (χ3n) is 8.05. The number of nitrogens with one attached hydrogen (secondary N) is 1. The Morgan fingerprint density at radius 3 is 1.57 bits per heavy atom. The maximum Gasteiger partial charge on any atom is 0.0440 e. The number of rotatable bonds is 5. The Bertz CT molecular complexity index is 2180. The van der Waals surface area contributed by atoms with Crippen molar-refractivity contribution in [1.29, 1.82) is 0 Å². The lowest BCUT2D eigenvalue weighted by Crippen LogP contribution is -1.91. The number of anilines is 2. The molecule has 1 aromatic heterocycles. The smallest absolute Gasteiger partial charge is 0.0440 e. The van der Waals surface area contributed by atoms with Gasteiger partial charge >= 0.3 is 0 Å². The maximum absolute atomic E-state index is 3.48. The van der Waals surface area contributed by atoms with Crippen LogP contribution in [0.4, 0.5) is 11.4 Å². The van der Waals surface area contributed by atoms with Crippen LogP contribution < -0.4 is 5.32 Å². The number of thiophene rings is 1. The lowest BCUT2D eigenvalue weighted by Gasteiger charge is -2.17. The van der Waals surface area contributed by atoms with Gasteiger partial charge < -0.3 is 5.32 Å². The average Bonchev–Trinajstić information content (AvgIpc) is 3.45. The molecule has 0 saturated carbocycles. The molecule has 1 heterocycles. The zero-order valence-corrected chi connectivity index (χ0v) is 23.7. The van der Waals surface area contributed by atoms with Crippen molar-refractivity contribution in [3.8, 4) is 33.4 Å². The van der Waals surface area contributed by atoms with Crippen LogP contribution in [0.15, 0.2) is 158 Å². The van der Waals surface area contributed by atoms with E-state index >= 15 is 0 Å². The molecular weight excluding hydrogens is 527 g/mol. The first-order valence-corrected chi connectivity index (χ1v) is 15.1. The van der Waals surface area contributed by atoms with Gasteiger partial charge in [0, 0.05) is 36.9 Å². The van der Waals surface area contributed by atoms with Crippen LogP contribution in [0.3, 0.4) is 0 Å². The summed E-state index contributed by atoms with van der Waals surface area (Å²) in [4.78, 5) is 0. The van der Waals surface area contributed by atoms with E-state index in [9.17, 15) is 0 Å². The van der Waals surface area contributed by atoms with Crippen LogP contribution in [0.25, 0.3) is 64.3 Å². The summed E-state index contributed by atoms with van der Waals surface area (Å²) in [6.45, 7) is 0. The molecule has 1 nitrogen and oxygen atoms in total. The quantitative estimate of drug-likeness (QED) is 0.223. The summed E-state index contributed by atoms with van der Waals surface area (Å²) in [5, 5.41) is 8.76. The molecule has 198 valence electrons. The largest absolute Gasteiger partial charge is 0.356 e. The van der Waals surface area contributed by atoms with Crippen molar-refractivity contribution in [2.24, 2.45) is 0 Å². The highest BCUT2D eigenvalue weighted by atomic mass is 32.1. The number of hydrogen-bond donors (Lipinski definition) is 1. The van der Waals surface area contributed by atoms with E-state index < -0.39 is 0 Å². The molecule has 0 aliphatic heterocycles. The summed E-state index contributed by atoms with van der Waals surface area (Å²) in [7, 11) is 0. The Balaban J connectivity index is 1.29. The third kappa shape index (κ3) is 4.25. The summed E-state index contributed by atoms with van der Waals surface area (Å²) in [5.74, 6) is 0. The Hall–Kier alpha value is -5.18. The molecule has 0 radical (unpaired) electrons. The second-order valence-electron chi connectivity index (χ2n) is 10.6. The molecule has 2 heteroatoms. The molecule has 8 aromatic rings. The minimum atomic E-state index is 1.08. The summed E-state index contributed by atoms with van der Waals surface area (Å²) >= 11 is 1.90. The molecule has 0 unspecified atom stereocenters. The molecule has 0 aliphatic rings. The first-order valence-electron chi connectivity index (χ1n) is 14.3. The van der Waals surface area contributed by atoms with Crippen molar-refractivity contribution >= 4 is 53.7 Å². The molecule has 0 bridgehead atoms. The number of para-hydroxylation sites is 1. The summed E-state index contributed by atoms with van der Waals surface area (Å²) in [6, 6.07) is 56.7. The first kappa shape index (κ1) is 24.6. The number of benzene rings is 7. The highest BCUT2D eigenvalue weighted by Crippen LogP contribution is 2.49. The second kappa shape index (κ2) is 10.3. The summed E-state index contributed by atoms with van der Waals surface area (Å²) < 4.78 is 2.68. The van der Waals surface area contributed by atoms with Gasteiger partial charge in [-0.05, 0) is 69.1 Å². The van der Waals surface area contributed by atoms with Crippen LogP contribution in [0.1, 0.15) is 0 Å². The molecule has 0 spiro atoms. The van der Waals surface area contributed by atoms with Gasteiger partial charge in [0.2, 0.25) is 0 Å². The van der Waals surface area contributed by atoms with E-state index in [0.717, 1.165) is 11.4 Å². The first-order chi connectivity index (χ1) is 20.8. The zero-order chi connectivity index (χ0) is 27.9. The lowest BCUT2D eigenvalue weighted by atomic mass is 9.86. The minimum Gasteiger partial charge on any atom is -0.356 e. The van der Waals surface area contributed by atoms with E-state index in [-0.39, 0.29) is 0 Å². The molecule has 8 rings (SSSR count). The van der Waals surface area contributed by atoms with E-state index in [0.29, 0.717) is 0 Å². The molecular formula is C40H27NS. The molecule has 1 N–H and O–H groups in total. The molecule has 0 fully saturated rings. The average molecular weight is 554 g/mol. The Morgan fingerprint density at radius 1 is 0.357 bits per heavy atom. The Kier molecular flexibility index (Phi) is 6.05. The normalized spacial score (nSPS) is 11.3. The molecule has 0 amide bonds. The highest BCUT2D eigenvalue weighted by molar-refractivity contribution is 7.26. The van der Waals surface area contributed by atoms with Gasteiger partial charge in [-0.3, -0.25) is 0 Å². The minimum absolute atomic E-state index is 1.08. The van der Waals surface area contributed by atoms with Crippen molar-refractivity contribution < 1.29 is 0 Å². The van der Waals surface area contributed by atoms with Crippen LogP contribution in [-0.4, -0.2) is 0 Å². The van der Waals surface area contributed by atoms with Crippen LogP contribution in [0.2, 0.25) is 0 Å². The van der Waals surface area contributed by atoms with Crippen molar-refractivity contribution in [2.45, 2.75) is 0 Å². The highest BCUT2D eigenvalue weighted by Gasteiger charge is 2.21. The predicted octanol–water partition coefficient (Wildman–Crippen LogP) is 12.0. The molecule has 0 aliphatic carbocycles. The van der Waals surface area contributed by atoms with Gasteiger partial charge in [-0.1, -0.05) is 127 Å². The van der Waals surface area contributed by atoms with E-state index in [1.54, 1.807) is 0 Å². The lowest BCUT2D eigenvalue weighted by molar-refractivity contribution is 1.54. The predicted molar refractivity (Wildman–Crippen MR) is 183 cm³/mol. The topological polar surface area (TPSA) is 12.0 Å². The van der Waals surface area contributed by atoms with E-state index in [4.69, 9.17) is 0 Å². The number of fused-ring (bicyclic) bond motifs is 5. The SMILES string of the molecule is c1ccc(Nc2ccc(-c3ccc(-c4c(-c5ccccc5)c5ccccc5c5sc6ccccc6c45)cc3)cc2)cc1. The number of hydrogen-bond acceptors (Lipinski definition) is 2. The van der Waals surface area contributed by atoms with Crippen molar-refractivity contribution in [3.63, 3.8) is 0 Å². The Morgan fingerprint density at radius 2 is 0.857 bits per heavy atom.